The van der Waals surface area contributed by atoms with Crippen molar-refractivity contribution < 1.29 is 31.9 Å². The molecule has 10 heteroatoms. The van der Waals surface area contributed by atoms with Crippen LogP contribution in [0.1, 0.15) is 33.6 Å². The molecule has 0 saturated heterocycles. The van der Waals surface area contributed by atoms with Crippen LogP contribution < -0.4 is 15.0 Å². The minimum atomic E-state index is -4.91. The predicted octanol–water partition coefficient (Wildman–Crippen LogP) is 4.53. The fraction of sp³-hybridized carbons (Fsp3) is 0.524. The van der Waals surface area contributed by atoms with Crippen molar-refractivity contribution in [1.29, 1.82) is 0 Å². The monoisotopic (exact) mass is 464 g/mol. The van der Waals surface area contributed by atoms with Gasteiger partial charge in [-0.2, -0.15) is 0 Å². The summed E-state index contributed by atoms with van der Waals surface area (Å²) in [7, 11) is 1.78. The first-order chi connectivity index (χ1) is 14.2. The van der Waals surface area contributed by atoms with Gasteiger partial charge in [0.1, 0.15) is 17.7 Å². The first-order valence-electron chi connectivity index (χ1n) is 9.31. The molecule has 0 bridgehead atoms. The van der Waals surface area contributed by atoms with E-state index in [9.17, 15) is 27.2 Å². The van der Waals surface area contributed by atoms with Crippen molar-refractivity contribution in [2.75, 3.05) is 18.5 Å². The Bertz CT molecular complexity index is 827. The molecule has 1 amide bonds. The number of aldehydes is 1. The molecule has 5 nitrogen and oxygen atoms in total. The van der Waals surface area contributed by atoms with Gasteiger partial charge in [-0.25, -0.2) is 4.39 Å². The second kappa shape index (κ2) is 10.3. The van der Waals surface area contributed by atoms with E-state index < -0.39 is 35.1 Å². The molecule has 1 aromatic carbocycles. The molecule has 1 aliphatic carbocycles. The van der Waals surface area contributed by atoms with Crippen molar-refractivity contribution in [2.45, 2.75) is 51.7 Å². The van der Waals surface area contributed by atoms with Crippen molar-refractivity contribution in [3.05, 3.63) is 23.2 Å². The summed E-state index contributed by atoms with van der Waals surface area (Å²) in [6, 6.07) is 2.27. The van der Waals surface area contributed by atoms with Crippen LogP contribution in [0.2, 0.25) is 5.02 Å². The lowest BCUT2D eigenvalue weighted by Gasteiger charge is -2.35. The van der Waals surface area contributed by atoms with E-state index in [1.807, 2.05) is 5.92 Å². The third-order valence-electron chi connectivity index (χ3n) is 4.34. The summed E-state index contributed by atoms with van der Waals surface area (Å²) in [6.07, 6.45) is 2.29. The predicted molar refractivity (Wildman–Crippen MR) is 111 cm³/mol. The number of rotatable bonds is 6. The highest BCUT2D eigenvalue weighted by Gasteiger charge is 2.42. The first-order valence-corrected chi connectivity index (χ1v) is 9.69. The Morgan fingerprint density at radius 1 is 1.39 bits per heavy atom. The summed E-state index contributed by atoms with van der Waals surface area (Å²) < 4.78 is 53.1. The number of halogens is 5. The van der Waals surface area contributed by atoms with Gasteiger partial charge in [-0.1, -0.05) is 32.4 Å². The highest BCUT2D eigenvalue weighted by molar-refractivity contribution is 6.32. The van der Waals surface area contributed by atoms with E-state index in [1.165, 1.54) is 6.07 Å². The van der Waals surface area contributed by atoms with Crippen LogP contribution in [0.3, 0.4) is 0 Å². The van der Waals surface area contributed by atoms with Crippen LogP contribution in [0.25, 0.3) is 0 Å². The van der Waals surface area contributed by atoms with Gasteiger partial charge < -0.3 is 14.8 Å². The molecule has 0 heterocycles. The molecule has 0 radical (unpaired) electrons. The summed E-state index contributed by atoms with van der Waals surface area (Å²) in [6.45, 7) is 5.68. The minimum absolute atomic E-state index is 0.0875. The maximum absolute atomic E-state index is 12.4. The van der Waals surface area contributed by atoms with Gasteiger partial charge in [0, 0.05) is 12.2 Å². The van der Waals surface area contributed by atoms with Crippen molar-refractivity contribution in [2.24, 2.45) is 5.41 Å². The Balaban J connectivity index is 0.000000577. The fourth-order valence-corrected chi connectivity index (χ4v) is 2.82. The molecule has 1 fully saturated rings. The van der Waals surface area contributed by atoms with Gasteiger partial charge in [-0.3, -0.25) is 9.69 Å². The molecular formula is C21H25ClF4N2O3. The van der Waals surface area contributed by atoms with Crippen molar-refractivity contribution in [1.82, 2.24) is 5.32 Å². The molecule has 1 saturated carbocycles. The van der Waals surface area contributed by atoms with Gasteiger partial charge in [-0.15, -0.1) is 19.6 Å². The third-order valence-corrected chi connectivity index (χ3v) is 4.64. The normalized spacial score (nSPS) is 15.6. The number of carbonyl (C=O) groups excluding carboxylic acids is 2. The Labute approximate surface area is 184 Å². The molecule has 1 atom stereocenters. The topological polar surface area (TPSA) is 58.6 Å². The molecule has 172 valence electrons. The van der Waals surface area contributed by atoms with Gasteiger partial charge in [0.05, 0.1) is 11.1 Å². The number of carbonyl (C=O) groups is 2. The molecule has 31 heavy (non-hydrogen) atoms. The quantitative estimate of drug-likeness (QED) is 0.382. The van der Waals surface area contributed by atoms with Crippen molar-refractivity contribution in [3.8, 4) is 18.1 Å². The number of hydrogen-bond acceptors (Lipinski definition) is 4. The zero-order valence-corrected chi connectivity index (χ0v) is 18.4. The molecule has 0 aliphatic heterocycles. The molecule has 1 aromatic rings. The van der Waals surface area contributed by atoms with E-state index in [-0.39, 0.29) is 10.7 Å². The lowest BCUT2D eigenvalue weighted by atomic mass is 9.86. The summed E-state index contributed by atoms with van der Waals surface area (Å²) in [5, 5.41) is 2.42. The Morgan fingerprint density at radius 3 is 2.29 bits per heavy atom. The van der Waals surface area contributed by atoms with Gasteiger partial charge in [0.2, 0.25) is 0 Å². The van der Waals surface area contributed by atoms with Crippen LogP contribution in [0.5, 0.6) is 5.75 Å². The second-order valence-corrected chi connectivity index (χ2v) is 8.52. The third kappa shape index (κ3) is 8.38. The van der Waals surface area contributed by atoms with E-state index >= 15 is 0 Å². The van der Waals surface area contributed by atoms with Crippen molar-refractivity contribution in [3.63, 3.8) is 0 Å². The van der Waals surface area contributed by atoms with Crippen LogP contribution in [0, 0.1) is 17.8 Å². The second-order valence-electron chi connectivity index (χ2n) is 8.11. The summed E-state index contributed by atoms with van der Waals surface area (Å²) in [4.78, 5) is 24.5. The summed E-state index contributed by atoms with van der Waals surface area (Å²) in [5.41, 5.74) is -1.39. The standard InChI is InChI=1S/C16H15ClF3NO3.C5H10FN/c1-5-14(23)21(13(9-22)15(2,3)4)10-6-7-12(11(17)8-10)24-16(18,19)20;1-7-4-5(6)2-3-5/h1,6-9,13H,2-4H3;7H,2-4H2,1H3. The highest BCUT2D eigenvalue weighted by Crippen LogP contribution is 2.38. The van der Waals surface area contributed by atoms with Gasteiger partial charge in [0.15, 0.2) is 0 Å². The number of benzene rings is 1. The van der Waals surface area contributed by atoms with Gasteiger partial charge in [-0.05, 0) is 49.4 Å². The number of anilines is 1. The fourth-order valence-electron chi connectivity index (χ4n) is 2.60. The zero-order chi connectivity index (χ0) is 24.0. The van der Waals surface area contributed by atoms with E-state index in [0.717, 1.165) is 29.9 Å². The zero-order valence-electron chi connectivity index (χ0n) is 17.6. The number of hydrogen-bond donors (Lipinski definition) is 1. The number of terminal acetylenes is 1. The van der Waals surface area contributed by atoms with E-state index in [1.54, 1.807) is 27.8 Å². The van der Waals surface area contributed by atoms with Crippen LogP contribution >= 0.6 is 11.6 Å². The van der Waals surface area contributed by atoms with Crippen LogP contribution in [-0.4, -0.2) is 43.9 Å². The number of ether oxygens (including phenoxy) is 1. The van der Waals surface area contributed by atoms with Crippen LogP contribution in [0.15, 0.2) is 18.2 Å². The number of alkyl halides is 4. The van der Waals surface area contributed by atoms with Gasteiger partial charge in [0.25, 0.3) is 0 Å². The number of amides is 1. The Hall–Kier alpha value is -2.31. The highest BCUT2D eigenvalue weighted by atomic mass is 35.5. The van der Waals surface area contributed by atoms with E-state index in [0.29, 0.717) is 12.8 Å². The van der Waals surface area contributed by atoms with E-state index in [4.69, 9.17) is 18.0 Å². The lowest BCUT2D eigenvalue weighted by Crippen LogP contribution is -2.48. The SMILES string of the molecule is C#CC(=O)N(c1ccc(OC(F)(F)F)c(Cl)c1)C(C=O)C(C)(C)C.CNCC1(F)CC1. The molecule has 2 rings (SSSR count). The van der Waals surface area contributed by atoms with Crippen molar-refractivity contribution >= 4 is 29.5 Å². The Morgan fingerprint density at radius 2 is 1.97 bits per heavy atom. The average molecular weight is 465 g/mol. The number of nitrogens with zero attached hydrogens (tertiary/aromatic N) is 1. The Kier molecular flexibility index (Phi) is 8.91. The lowest BCUT2D eigenvalue weighted by molar-refractivity contribution is -0.274. The minimum Gasteiger partial charge on any atom is -0.404 e. The first kappa shape index (κ1) is 26.7. The molecule has 0 spiro atoms. The number of nitrogens with one attached hydrogen (secondary N) is 1. The maximum Gasteiger partial charge on any atom is 0.573 e. The largest absolute Gasteiger partial charge is 0.573 e. The van der Waals surface area contributed by atoms with Crippen LogP contribution in [0.4, 0.5) is 23.2 Å². The molecule has 1 aliphatic rings. The average Bonchev–Trinajstić information content (AvgIpc) is 3.36. The molecule has 0 aromatic heterocycles. The van der Waals surface area contributed by atoms with Crippen LogP contribution in [-0.2, 0) is 9.59 Å². The smallest absolute Gasteiger partial charge is 0.404 e. The summed E-state index contributed by atoms with van der Waals surface area (Å²) in [5.74, 6) is 0.454. The van der Waals surface area contributed by atoms with Gasteiger partial charge >= 0.3 is 12.3 Å². The maximum atomic E-state index is 12.4. The molecule has 1 N–H and O–H groups in total. The summed E-state index contributed by atoms with van der Waals surface area (Å²) >= 11 is 5.79. The molecule has 1 unspecified atom stereocenters. The van der Waals surface area contributed by atoms with E-state index in [2.05, 4.69) is 10.1 Å². The molecular weight excluding hydrogens is 440 g/mol.